The monoisotopic (exact) mass is 498 g/mol. The highest BCUT2D eigenvalue weighted by Gasteiger charge is 2.46. The predicted molar refractivity (Wildman–Crippen MR) is 166 cm³/mol. The van der Waals surface area contributed by atoms with Gasteiger partial charge >= 0.3 is 0 Å². The molecule has 1 N–H and O–H groups in total. The van der Waals surface area contributed by atoms with Crippen molar-refractivity contribution in [3.8, 4) is 12.3 Å². The zero-order valence-corrected chi connectivity index (χ0v) is 23.8. The van der Waals surface area contributed by atoms with E-state index in [0.717, 1.165) is 55.6 Å². The van der Waals surface area contributed by atoms with Gasteiger partial charge in [0.2, 0.25) is 0 Å². The maximum Gasteiger partial charge on any atom is 0.0498 e. The third-order valence-corrected chi connectivity index (χ3v) is 7.92. The first-order chi connectivity index (χ1) is 17.9. The topological polar surface area (TPSA) is 15.3 Å². The Kier molecular flexibility index (Phi) is 13.3. The summed E-state index contributed by atoms with van der Waals surface area (Å²) in [7, 11) is 0. The van der Waals surface area contributed by atoms with Gasteiger partial charge in [0.05, 0.1) is 0 Å². The summed E-state index contributed by atoms with van der Waals surface area (Å²) in [6, 6.07) is 8.64. The molecule has 37 heavy (non-hydrogen) atoms. The first-order valence-corrected chi connectivity index (χ1v) is 14.3. The highest BCUT2D eigenvalue weighted by atomic mass is 15.3. The van der Waals surface area contributed by atoms with E-state index in [1.807, 2.05) is 6.08 Å². The lowest BCUT2D eigenvalue weighted by Gasteiger charge is -2.54. The number of hydrogen-bond donors (Lipinski definition) is 1. The van der Waals surface area contributed by atoms with E-state index in [1.165, 1.54) is 49.7 Å². The van der Waals surface area contributed by atoms with E-state index in [4.69, 9.17) is 6.42 Å². The second-order valence-corrected chi connectivity index (χ2v) is 10.4. The Hall–Kier alpha value is -2.76. The van der Waals surface area contributed by atoms with Gasteiger partial charge in [-0.15, -0.1) is 12.3 Å². The highest BCUT2D eigenvalue weighted by molar-refractivity contribution is 5.56. The minimum absolute atomic E-state index is 0.00924. The molecule has 0 aliphatic heterocycles. The molecule has 0 radical (unpaired) electrons. The summed E-state index contributed by atoms with van der Waals surface area (Å²) in [5.74, 6) is 2.76. The molecule has 1 aromatic carbocycles. The lowest BCUT2D eigenvalue weighted by molar-refractivity contribution is 0.0222. The zero-order valence-electron chi connectivity index (χ0n) is 23.8. The van der Waals surface area contributed by atoms with Crippen LogP contribution in [0.5, 0.6) is 0 Å². The third kappa shape index (κ3) is 8.94. The summed E-state index contributed by atoms with van der Waals surface area (Å²) in [6.07, 6.45) is 26.8. The van der Waals surface area contributed by atoms with E-state index >= 15 is 0 Å². The summed E-state index contributed by atoms with van der Waals surface area (Å²) in [6.45, 7) is 20.6. The van der Waals surface area contributed by atoms with Crippen LogP contribution in [0.25, 0.3) is 6.08 Å². The van der Waals surface area contributed by atoms with Crippen LogP contribution >= 0.6 is 0 Å². The average molecular weight is 499 g/mol. The minimum Gasteiger partial charge on any atom is -0.358 e. The SMILES string of the molecule is C#CCCCCCCCCN(C(CC)C(=C)Nc1ccc(C=C)cc1)C1(C(=C)/C=C\C(C)=C/C)CCC1. The van der Waals surface area contributed by atoms with Crippen LogP contribution in [0.3, 0.4) is 0 Å². The fraction of sp³-hybridized carbons (Fsp3) is 0.486. The van der Waals surface area contributed by atoms with Crippen molar-refractivity contribution in [2.75, 3.05) is 11.9 Å². The molecule has 0 aromatic heterocycles. The van der Waals surface area contributed by atoms with Crippen molar-refractivity contribution >= 4 is 11.8 Å². The Morgan fingerprint density at radius 1 is 1.08 bits per heavy atom. The van der Waals surface area contributed by atoms with Gasteiger partial charge in [0.25, 0.3) is 0 Å². The molecule has 0 saturated heterocycles. The maximum absolute atomic E-state index is 5.39. The Balaban J connectivity index is 2.19. The molecular formula is C35H50N2. The summed E-state index contributed by atoms with van der Waals surface area (Å²) >= 11 is 0. The van der Waals surface area contributed by atoms with Crippen LogP contribution in [0.15, 0.2) is 79.1 Å². The number of rotatable bonds is 18. The van der Waals surface area contributed by atoms with Crippen molar-refractivity contribution in [3.05, 3.63) is 84.6 Å². The van der Waals surface area contributed by atoms with Crippen LogP contribution in [0, 0.1) is 12.3 Å². The highest BCUT2D eigenvalue weighted by Crippen LogP contribution is 2.46. The van der Waals surface area contributed by atoms with E-state index in [0.29, 0.717) is 0 Å². The first kappa shape index (κ1) is 30.5. The number of terminal acetylenes is 1. The second kappa shape index (κ2) is 16.2. The third-order valence-electron chi connectivity index (χ3n) is 7.92. The van der Waals surface area contributed by atoms with Gasteiger partial charge in [-0.3, -0.25) is 4.90 Å². The van der Waals surface area contributed by atoms with Gasteiger partial charge in [-0.25, -0.2) is 0 Å². The van der Waals surface area contributed by atoms with Gasteiger partial charge in [-0.2, -0.15) is 0 Å². The quantitative estimate of drug-likeness (QED) is 0.123. The van der Waals surface area contributed by atoms with Crippen LogP contribution in [0.4, 0.5) is 5.69 Å². The fourth-order valence-corrected chi connectivity index (χ4v) is 5.30. The van der Waals surface area contributed by atoms with Gasteiger partial charge in [0, 0.05) is 29.4 Å². The standard InChI is InChI=1S/C35H50N2/c1-8-12-13-14-15-16-17-18-28-37(35(26-19-27-35)30(6)21-20-29(5)9-2)34(11-4)31(7)36-33-24-22-32(10-3)23-25-33/h1,9-10,20-25,34,36H,3,6-7,11-19,26-28H2,2,4-5H3/b21-20-,29-9-. The number of hydrogen-bond acceptors (Lipinski definition) is 2. The van der Waals surface area contributed by atoms with Gasteiger partial charge in [0.15, 0.2) is 0 Å². The van der Waals surface area contributed by atoms with Crippen molar-refractivity contribution in [3.63, 3.8) is 0 Å². The second-order valence-electron chi connectivity index (χ2n) is 10.4. The van der Waals surface area contributed by atoms with Crippen molar-refractivity contribution in [1.29, 1.82) is 0 Å². The molecule has 1 unspecified atom stereocenters. The number of nitrogens with one attached hydrogen (secondary N) is 1. The molecule has 2 heteroatoms. The lowest BCUT2D eigenvalue weighted by Crippen LogP contribution is -2.59. The molecule has 1 aliphatic carbocycles. The molecule has 1 saturated carbocycles. The van der Waals surface area contributed by atoms with Crippen molar-refractivity contribution < 1.29 is 0 Å². The number of unbranched alkanes of at least 4 members (excludes halogenated alkanes) is 6. The number of allylic oxidation sites excluding steroid dienone is 3. The molecule has 0 bridgehead atoms. The molecular weight excluding hydrogens is 448 g/mol. The number of benzene rings is 1. The van der Waals surface area contributed by atoms with E-state index in [9.17, 15) is 0 Å². The Morgan fingerprint density at radius 3 is 2.27 bits per heavy atom. The molecule has 1 fully saturated rings. The Labute approximate surface area is 228 Å². The normalized spacial score (nSPS) is 15.7. The van der Waals surface area contributed by atoms with Crippen molar-refractivity contribution in [1.82, 2.24) is 4.90 Å². The first-order valence-electron chi connectivity index (χ1n) is 14.3. The van der Waals surface area contributed by atoms with Crippen LogP contribution in [-0.4, -0.2) is 23.0 Å². The minimum atomic E-state index is 0.00924. The van der Waals surface area contributed by atoms with E-state index in [-0.39, 0.29) is 11.6 Å². The lowest BCUT2D eigenvalue weighted by atomic mass is 9.69. The average Bonchev–Trinajstić information content (AvgIpc) is 2.88. The number of anilines is 1. The molecule has 200 valence electrons. The summed E-state index contributed by atoms with van der Waals surface area (Å²) in [5, 5.41) is 3.63. The van der Waals surface area contributed by atoms with Gasteiger partial charge < -0.3 is 5.32 Å². The van der Waals surface area contributed by atoms with Crippen molar-refractivity contribution in [2.24, 2.45) is 0 Å². The van der Waals surface area contributed by atoms with Crippen LogP contribution < -0.4 is 5.32 Å². The molecule has 2 nitrogen and oxygen atoms in total. The largest absolute Gasteiger partial charge is 0.358 e. The smallest absolute Gasteiger partial charge is 0.0498 e. The van der Waals surface area contributed by atoms with Crippen LogP contribution in [-0.2, 0) is 0 Å². The molecule has 2 rings (SSSR count). The summed E-state index contributed by atoms with van der Waals surface area (Å²) in [4.78, 5) is 2.74. The molecule has 0 spiro atoms. The zero-order chi connectivity index (χ0) is 27.1. The van der Waals surface area contributed by atoms with Crippen LogP contribution in [0.1, 0.15) is 97.0 Å². The molecule has 0 amide bonds. The predicted octanol–water partition coefficient (Wildman–Crippen LogP) is 9.70. The molecule has 0 heterocycles. The van der Waals surface area contributed by atoms with E-state index in [2.05, 4.69) is 99.1 Å². The fourth-order valence-electron chi connectivity index (χ4n) is 5.30. The summed E-state index contributed by atoms with van der Waals surface area (Å²) in [5.41, 5.74) is 5.78. The Bertz CT molecular complexity index is 966. The van der Waals surface area contributed by atoms with Gasteiger partial charge in [0.1, 0.15) is 0 Å². The van der Waals surface area contributed by atoms with E-state index < -0.39 is 0 Å². The van der Waals surface area contributed by atoms with E-state index in [1.54, 1.807) is 0 Å². The molecule has 1 aliphatic rings. The maximum atomic E-state index is 5.39. The molecule has 1 aromatic rings. The van der Waals surface area contributed by atoms with Gasteiger partial charge in [-0.1, -0.05) is 94.4 Å². The van der Waals surface area contributed by atoms with Gasteiger partial charge in [-0.05, 0) is 82.2 Å². The number of nitrogens with zero attached hydrogens (tertiary/aromatic N) is 1. The van der Waals surface area contributed by atoms with Crippen molar-refractivity contribution in [2.45, 2.75) is 103 Å². The Morgan fingerprint density at radius 2 is 1.73 bits per heavy atom. The molecule has 1 atom stereocenters. The summed E-state index contributed by atoms with van der Waals surface area (Å²) < 4.78 is 0. The van der Waals surface area contributed by atoms with Crippen LogP contribution in [0.2, 0.25) is 0 Å².